The average Bonchev–Trinajstić information content (AvgIpc) is 3.45. The molecule has 5 rings (SSSR count). The number of carbonyl (C=O) groups is 2. The summed E-state index contributed by atoms with van der Waals surface area (Å²) in [5.74, 6) is 1.64. The fraction of sp³-hybridized carbons (Fsp3) is 0.375. The predicted octanol–water partition coefficient (Wildman–Crippen LogP) is 3.66. The van der Waals surface area contributed by atoms with Crippen molar-refractivity contribution in [2.45, 2.75) is 45.6 Å². The van der Waals surface area contributed by atoms with E-state index in [-0.39, 0.29) is 17.7 Å². The van der Waals surface area contributed by atoms with Gasteiger partial charge in [0.1, 0.15) is 16.5 Å². The molecule has 0 radical (unpaired) electrons. The number of hydrogen-bond acceptors (Lipinski definition) is 6. The van der Waals surface area contributed by atoms with Crippen molar-refractivity contribution in [1.82, 2.24) is 19.9 Å². The fourth-order valence-electron chi connectivity index (χ4n) is 4.52. The van der Waals surface area contributed by atoms with Gasteiger partial charge in [-0.15, -0.1) is 11.3 Å². The highest BCUT2D eigenvalue weighted by Gasteiger charge is 2.34. The first-order chi connectivity index (χ1) is 15.5. The highest BCUT2D eigenvalue weighted by Crippen LogP contribution is 2.33. The molecule has 1 atom stereocenters. The summed E-state index contributed by atoms with van der Waals surface area (Å²) in [6.07, 6.45) is 1.96. The van der Waals surface area contributed by atoms with Crippen LogP contribution in [0.5, 0.6) is 0 Å². The van der Waals surface area contributed by atoms with E-state index in [1.54, 1.807) is 10.4 Å². The van der Waals surface area contributed by atoms with Crippen LogP contribution < -0.4 is 4.90 Å². The second kappa shape index (κ2) is 8.43. The Labute approximate surface area is 191 Å². The van der Waals surface area contributed by atoms with Crippen LogP contribution in [0.2, 0.25) is 0 Å². The third-order valence-electron chi connectivity index (χ3n) is 6.32. The number of amides is 2. The van der Waals surface area contributed by atoms with Gasteiger partial charge >= 0.3 is 0 Å². The third kappa shape index (κ3) is 3.79. The molecule has 1 saturated heterocycles. The van der Waals surface area contributed by atoms with E-state index in [0.29, 0.717) is 37.4 Å². The van der Waals surface area contributed by atoms with Crippen LogP contribution in [0.15, 0.2) is 35.8 Å². The smallest absolute Gasteiger partial charge is 0.265 e. The van der Waals surface area contributed by atoms with Gasteiger partial charge in [0.15, 0.2) is 0 Å². The highest BCUT2D eigenvalue weighted by atomic mass is 32.1. The van der Waals surface area contributed by atoms with Crippen molar-refractivity contribution in [3.8, 4) is 0 Å². The molecule has 0 N–H and O–H groups in total. The minimum absolute atomic E-state index is 0.0306. The second-order valence-electron chi connectivity index (χ2n) is 8.44. The molecule has 164 valence electrons. The molecule has 8 heteroatoms. The number of aromatic nitrogens is 3. The lowest BCUT2D eigenvalue weighted by molar-refractivity contribution is -0.119. The standard InChI is InChI=1S/C24H25N5O2S/c1-15-19-8-9-20(30)29(12-17-6-4-3-5-7-17)23(19)27-22(26-15)18-10-11-28(13-18)24(31)21-16(2)25-14-32-21/h3-7,14,18H,8-13H2,1-2H3/t18-/m0/s1. The lowest BCUT2D eigenvalue weighted by Crippen LogP contribution is -2.36. The second-order valence-corrected chi connectivity index (χ2v) is 9.29. The predicted molar refractivity (Wildman–Crippen MR) is 123 cm³/mol. The van der Waals surface area contributed by atoms with Gasteiger partial charge in [0, 0.05) is 36.7 Å². The Bertz CT molecular complexity index is 1180. The Morgan fingerprint density at radius 1 is 1.12 bits per heavy atom. The lowest BCUT2D eigenvalue weighted by Gasteiger charge is -2.30. The summed E-state index contributed by atoms with van der Waals surface area (Å²) in [4.78, 5) is 44.0. The van der Waals surface area contributed by atoms with Crippen molar-refractivity contribution >= 4 is 29.0 Å². The summed E-state index contributed by atoms with van der Waals surface area (Å²) in [5.41, 5.74) is 5.54. The van der Waals surface area contributed by atoms with Gasteiger partial charge in [-0.1, -0.05) is 30.3 Å². The minimum Gasteiger partial charge on any atom is -0.337 e. The number of anilines is 1. The molecule has 1 aromatic carbocycles. The molecule has 3 aromatic rings. The molecular formula is C24H25N5O2S. The number of nitrogens with zero attached hydrogens (tertiary/aromatic N) is 5. The summed E-state index contributed by atoms with van der Waals surface area (Å²) in [6, 6.07) is 9.99. The molecule has 0 spiro atoms. The summed E-state index contributed by atoms with van der Waals surface area (Å²) >= 11 is 1.39. The molecule has 4 heterocycles. The molecular weight excluding hydrogens is 422 g/mol. The van der Waals surface area contributed by atoms with E-state index in [2.05, 4.69) is 4.98 Å². The molecule has 0 bridgehead atoms. The van der Waals surface area contributed by atoms with E-state index in [4.69, 9.17) is 9.97 Å². The Kier molecular flexibility index (Phi) is 5.46. The monoisotopic (exact) mass is 447 g/mol. The first-order valence-corrected chi connectivity index (χ1v) is 11.8. The molecule has 2 amide bonds. The maximum Gasteiger partial charge on any atom is 0.265 e. The molecule has 2 aliphatic heterocycles. The van der Waals surface area contributed by atoms with E-state index in [9.17, 15) is 9.59 Å². The van der Waals surface area contributed by atoms with E-state index in [1.165, 1.54) is 11.3 Å². The van der Waals surface area contributed by atoms with Crippen LogP contribution in [-0.4, -0.2) is 44.8 Å². The number of thiazole rings is 1. The number of aryl methyl sites for hydroxylation is 2. The Morgan fingerprint density at radius 2 is 1.94 bits per heavy atom. The van der Waals surface area contributed by atoms with Crippen LogP contribution >= 0.6 is 11.3 Å². The molecule has 32 heavy (non-hydrogen) atoms. The molecule has 0 aliphatic carbocycles. The Morgan fingerprint density at radius 3 is 2.69 bits per heavy atom. The number of rotatable bonds is 4. The van der Waals surface area contributed by atoms with Crippen LogP contribution in [0, 0.1) is 13.8 Å². The lowest BCUT2D eigenvalue weighted by atomic mass is 10.0. The zero-order valence-electron chi connectivity index (χ0n) is 18.2. The molecule has 0 unspecified atom stereocenters. The number of likely N-dealkylation sites (tertiary alicyclic amines) is 1. The Balaban J connectivity index is 1.42. The Hall–Kier alpha value is -3.13. The first kappa shape index (κ1) is 20.8. The van der Waals surface area contributed by atoms with Crippen LogP contribution in [0.3, 0.4) is 0 Å². The average molecular weight is 448 g/mol. The van der Waals surface area contributed by atoms with Gasteiger partial charge in [0.05, 0.1) is 17.7 Å². The number of fused-ring (bicyclic) bond motifs is 1. The normalized spacial score (nSPS) is 18.2. The topological polar surface area (TPSA) is 79.3 Å². The van der Waals surface area contributed by atoms with Crippen LogP contribution in [0.25, 0.3) is 0 Å². The molecule has 7 nitrogen and oxygen atoms in total. The zero-order chi connectivity index (χ0) is 22.2. The minimum atomic E-state index is 0.0306. The number of hydrogen-bond donors (Lipinski definition) is 0. The molecule has 1 fully saturated rings. The van der Waals surface area contributed by atoms with Gasteiger partial charge in [-0.3, -0.25) is 14.5 Å². The SMILES string of the molecule is Cc1ncsc1C(=O)N1CC[C@H](c2nc(C)c3c(n2)N(Cc2ccccc2)C(=O)CC3)C1. The summed E-state index contributed by atoms with van der Waals surface area (Å²) in [5, 5.41) is 0. The maximum atomic E-state index is 12.9. The molecule has 2 aromatic heterocycles. The molecule has 2 aliphatic rings. The van der Waals surface area contributed by atoms with Crippen molar-refractivity contribution in [3.05, 3.63) is 69.1 Å². The maximum absolute atomic E-state index is 12.9. The molecule has 0 saturated carbocycles. The van der Waals surface area contributed by atoms with E-state index < -0.39 is 0 Å². The van der Waals surface area contributed by atoms with Gasteiger partial charge in [-0.2, -0.15) is 0 Å². The van der Waals surface area contributed by atoms with E-state index >= 15 is 0 Å². The number of carbonyl (C=O) groups excluding carboxylic acids is 2. The first-order valence-electron chi connectivity index (χ1n) is 10.9. The summed E-state index contributed by atoms with van der Waals surface area (Å²) in [6.45, 7) is 5.63. The highest BCUT2D eigenvalue weighted by molar-refractivity contribution is 7.11. The summed E-state index contributed by atoms with van der Waals surface area (Å²) < 4.78 is 0. The van der Waals surface area contributed by atoms with E-state index in [1.807, 2.05) is 49.1 Å². The van der Waals surface area contributed by atoms with Crippen molar-refractivity contribution in [2.75, 3.05) is 18.0 Å². The number of benzene rings is 1. The third-order valence-corrected chi connectivity index (χ3v) is 7.24. The quantitative estimate of drug-likeness (QED) is 0.610. The van der Waals surface area contributed by atoms with Gasteiger partial charge in [-0.05, 0) is 32.3 Å². The van der Waals surface area contributed by atoms with E-state index in [0.717, 1.165) is 40.6 Å². The summed E-state index contributed by atoms with van der Waals surface area (Å²) in [7, 11) is 0. The van der Waals surface area contributed by atoms with Crippen molar-refractivity contribution in [2.24, 2.45) is 0 Å². The van der Waals surface area contributed by atoms with Gasteiger partial charge in [0.2, 0.25) is 5.91 Å². The van der Waals surface area contributed by atoms with Crippen molar-refractivity contribution in [1.29, 1.82) is 0 Å². The van der Waals surface area contributed by atoms with Gasteiger partial charge < -0.3 is 4.90 Å². The fourth-order valence-corrected chi connectivity index (χ4v) is 5.29. The van der Waals surface area contributed by atoms with Gasteiger partial charge in [-0.25, -0.2) is 15.0 Å². The zero-order valence-corrected chi connectivity index (χ0v) is 19.1. The van der Waals surface area contributed by atoms with Crippen molar-refractivity contribution < 1.29 is 9.59 Å². The van der Waals surface area contributed by atoms with Crippen molar-refractivity contribution in [3.63, 3.8) is 0 Å². The van der Waals surface area contributed by atoms with Gasteiger partial charge in [0.25, 0.3) is 5.91 Å². The largest absolute Gasteiger partial charge is 0.337 e. The van der Waals surface area contributed by atoms with Crippen LogP contribution in [0.1, 0.15) is 56.8 Å². The van der Waals surface area contributed by atoms with Crippen LogP contribution in [0.4, 0.5) is 5.82 Å². The van der Waals surface area contributed by atoms with Crippen LogP contribution in [-0.2, 0) is 17.8 Å².